The van der Waals surface area contributed by atoms with Gasteiger partial charge in [0.2, 0.25) is 11.8 Å². The first kappa shape index (κ1) is 15.6. The van der Waals surface area contributed by atoms with Crippen molar-refractivity contribution in [1.82, 2.24) is 0 Å². The molecule has 0 bridgehead atoms. The van der Waals surface area contributed by atoms with E-state index in [0.717, 1.165) is 23.2 Å². The summed E-state index contributed by atoms with van der Waals surface area (Å²) < 4.78 is 0. The van der Waals surface area contributed by atoms with Crippen molar-refractivity contribution in [2.45, 2.75) is 19.8 Å². The number of hydrogen-bond acceptors (Lipinski definition) is 2. The Morgan fingerprint density at radius 2 is 2.00 bits per heavy atom. The lowest BCUT2D eigenvalue weighted by Crippen LogP contribution is -2.27. The molecule has 0 aliphatic carbocycles. The molecule has 4 nitrogen and oxygen atoms in total. The molecular formula is C18H17ClN2O2. The Morgan fingerprint density at radius 3 is 2.74 bits per heavy atom. The zero-order valence-electron chi connectivity index (χ0n) is 12.8. The van der Waals surface area contributed by atoms with Gasteiger partial charge in [0.1, 0.15) is 0 Å². The number of rotatable bonds is 3. The van der Waals surface area contributed by atoms with Gasteiger partial charge < -0.3 is 10.2 Å². The van der Waals surface area contributed by atoms with E-state index in [9.17, 15) is 9.59 Å². The van der Waals surface area contributed by atoms with Gasteiger partial charge in [-0.1, -0.05) is 35.9 Å². The van der Waals surface area contributed by atoms with Crippen molar-refractivity contribution in [2.24, 2.45) is 0 Å². The molecule has 0 saturated heterocycles. The molecule has 2 aromatic rings. The molecule has 1 N–H and O–H groups in total. The van der Waals surface area contributed by atoms with Crippen LogP contribution in [-0.4, -0.2) is 18.4 Å². The summed E-state index contributed by atoms with van der Waals surface area (Å²) in [6, 6.07) is 13.0. The third kappa shape index (κ3) is 3.37. The number of amides is 2. The standard InChI is InChI=1S/C18H17ClN2O2/c1-12(22)21-9-8-14-5-3-7-16(18(14)21)20-17(23)11-13-4-2-6-15(19)10-13/h2-7,10H,8-9,11H2,1H3,(H,20,23). The van der Waals surface area contributed by atoms with Gasteiger partial charge in [0, 0.05) is 18.5 Å². The summed E-state index contributed by atoms with van der Waals surface area (Å²) in [5.41, 5.74) is 3.44. The quantitative estimate of drug-likeness (QED) is 0.938. The van der Waals surface area contributed by atoms with E-state index in [4.69, 9.17) is 11.6 Å². The lowest BCUT2D eigenvalue weighted by Gasteiger charge is -2.19. The van der Waals surface area contributed by atoms with Gasteiger partial charge >= 0.3 is 0 Å². The normalized spacial score (nSPS) is 12.9. The molecule has 0 radical (unpaired) electrons. The molecule has 0 spiro atoms. The second kappa shape index (κ2) is 6.42. The number of nitrogens with one attached hydrogen (secondary N) is 1. The lowest BCUT2D eigenvalue weighted by atomic mass is 10.1. The summed E-state index contributed by atoms with van der Waals surface area (Å²) >= 11 is 5.94. The highest BCUT2D eigenvalue weighted by molar-refractivity contribution is 6.30. The number of nitrogens with zero attached hydrogens (tertiary/aromatic N) is 1. The van der Waals surface area contributed by atoms with Crippen molar-refractivity contribution in [3.05, 3.63) is 58.6 Å². The third-order valence-electron chi connectivity index (χ3n) is 3.90. The van der Waals surface area contributed by atoms with Crippen molar-refractivity contribution >= 4 is 34.8 Å². The Labute approximate surface area is 140 Å². The number of fused-ring (bicyclic) bond motifs is 1. The largest absolute Gasteiger partial charge is 0.324 e. The van der Waals surface area contributed by atoms with Gasteiger partial charge in [-0.2, -0.15) is 0 Å². The maximum absolute atomic E-state index is 12.3. The molecule has 3 rings (SSSR count). The number of carbonyl (C=O) groups excluding carboxylic acids is 2. The fraction of sp³-hybridized carbons (Fsp3) is 0.222. The summed E-state index contributed by atoms with van der Waals surface area (Å²) in [5.74, 6) is -0.142. The first-order chi connectivity index (χ1) is 11.0. The Morgan fingerprint density at radius 1 is 1.22 bits per heavy atom. The van der Waals surface area contributed by atoms with Crippen LogP contribution in [0.2, 0.25) is 5.02 Å². The summed E-state index contributed by atoms with van der Waals surface area (Å²) in [6.07, 6.45) is 1.05. The topological polar surface area (TPSA) is 49.4 Å². The maximum Gasteiger partial charge on any atom is 0.228 e. The predicted octanol–water partition coefficient (Wildman–Crippen LogP) is 3.43. The molecule has 1 aliphatic rings. The zero-order valence-corrected chi connectivity index (χ0v) is 13.6. The van der Waals surface area contributed by atoms with E-state index in [1.165, 1.54) is 0 Å². The van der Waals surface area contributed by atoms with E-state index >= 15 is 0 Å². The molecule has 5 heteroatoms. The Kier molecular flexibility index (Phi) is 4.35. The van der Waals surface area contributed by atoms with Crippen LogP contribution in [0.25, 0.3) is 0 Å². The minimum Gasteiger partial charge on any atom is -0.324 e. The van der Waals surface area contributed by atoms with Gasteiger partial charge in [-0.3, -0.25) is 9.59 Å². The fourth-order valence-electron chi connectivity index (χ4n) is 2.90. The number of benzene rings is 2. The van der Waals surface area contributed by atoms with Gasteiger partial charge in [-0.05, 0) is 35.7 Å². The molecule has 118 valence electrons. The number of carbonyl (C=O) groups is 2. The van der Waals surface area contributed by atoms with E-state index in [1.807, 2.05) is 30.3 Å². The van der Waals surface area contributed by atoms with Crippen LogP contribution in [-0.2, 0) is 22.4 Å². The van der Waals surface area contributed by atoms with Crippen LogP contribution in [0.15, 0.2) is 42.5 Å². The molecule has 1 heterocycles. The molecule has 0 fully saturated rings. The van der Waals surface area contributed by atoms with Crippen LogP contribution >= 0.6 is 11.6 Å². The van der Waals surface area contributed by atoms with E-state index in [-0.39, 0.29) is 18.2 Å². The van der Waals surface area contributed by atoms with E-state index in [0.29, 0.717) is 17.3 Å². The summed E-state index contributed by atoms with van der Waals surface area (Å²) in [7, 11) is 0. The zero-order chi connectivity index (χ0) is 16.4. The Bertz CT molecular complexity index is 773. The fourth-order valence-corrected chi connectivity index (χ4v) is 3.11. The maximum atomic E-state index is 12.3. The summed E-state index contributed by atoms with van der Waals surface area (Å²) in [4.78, 5) is 25.8. The Hall–Kier alpha value is -2.33. The minimum absolute atomic E-state index is 0.0136. The van der Waals surface area contributed by atoms with Crippen LogP contribution in [0.1, 0.15) is 18.1 Å². The van der Waals surface area contributed by atoms with Gasteiger partial charge in [0.05, 0.1) is 17.8 Å². The molecule has 2 aromatic carbocycles. The summed E-state index contributed by atoms with van der Waals surface area (Å²) in [6.45, 7) is 2.20. The molecule has 2 amide bonds. The van der Waals surface area contributed by atoms with E-state index in [2.05, 4.69) is 5.32 Å². The molecule has 0 atom stereocenters. The highest BCUT2D eigenvalue weighted by Gasteiger charge is 2.25. The Balaban J connectivity index is 1.80. The van der Waals surface area contributed by atoms with Crippen LogP contribution in [0.5, 0.6) is 0 Å². The lowest BCUT2D eigenvalue weighted by molar-refractivity contribution is -0.117. The molecule has 0 saturated carbocycles. The minimum atomic E-state index is -0.129. The van der Waals surface area contributed by atoms with Crippen LogP contribution in [0.3, 0.4) is 0 Å². The van der Waals surface area contributed by atoms with Crippen molar-refractivity contribution in [1.29, 1.82) is 0 Å². The van der Waals surface area contributed by atoms with Crippen molar-refractivity contribution in [2.75, 3.05) is 16.8 Å². The molecule has 23 heavy (non-hydrogen) atoms. The first-order valence-corrected chi connectivity index (χ1v) is 7.86. The summed E-state index contributed by atoms with van der Waals surface area (Å²) in [5, 5.41) is 3.53. The number of hydrogen-bond donors (Lipinski definition) is 1. The number of para-hydroxylation sites is 1. The number of anilines is 2. The second-order valence-electron chi connectivity index (χ2n) is 5.59. The first-order valence-electron chi connectivity index (χ1n) is 7.49. The molecule has 1 aliphatic heterocycles. The van der Waals surface area contributed by atoms with Gasteiger partial charge in [0.15, 0.2) is 0 Å². The SMILES string of the molecule is CC(=O)N1CCc2cccc(NC(=O)Cc3cccc(Cl)c3)c21. The van der Waals surface area contributed by atoms with Crippen molar-refractivity contribution in [3.63, 3.8) is 0 Å². The smallest absolute Gasteiger partial charge is 0.228 e. The van der Waals surface area contributed by atoms with E-state index < -0.39 is 0 Å². The average Bonchev–Trinajstić information content (AvgIpc) is 2.92. The predicted molar refractivity (Wildman–Crippen MR) is 92.0 cm³/mol. The monoisotopic (exact) mass is 328 g/mol. The van der Waals surface area contributed by atoms with Gasteiger partial charge in [0.25, 0.3) is 0 Å². The third-order valence-corrected chi connectivity index (χ3v) is 4.14. The average molecular weight is 329 g/mol. The highest BCUT2D eigenvalue weighted by atomic mass is 35.5. The van der Waals surface area contributed by atoms with Crippen molar-refractivity contribution in [3.8, 4) is 0 Å². The van der Waals surface area contributed by atoms with Crippen molar-refractivity contribution < 1.29 is 9.59 Å². The van der Waals surface area contributed by atoms with Crippen LogP contribution in [0.4, 0.5) is 11.4 Å². The van der Waals surface area contributed by atoms with Crippen LogP contribution in [0, 0.1) is 0 Å². The second-order valence-corrected chi connectivity index (χ2v) is 6.03. The van der Waals surface area contributed by atoms with E-state index in [1.54, 1.807) is 24.0 Å². The molecule has 0 aromatic heterocycles. The highest BCUT2D eigenvalue weighted by Crippen LogP contribution is 2.35. The molecular weight excluding hydrogens is 312 g/mol. The molecule has 0 unspecified atom stereocenters. The van der Waals surface area contributed by atoms with Crippen LogP contribution < -0.4 is 10.2 Å². The van der Waals surface area contributed by atoms with Gasteiger partial charge in [-0.25, -0.2) is 0 Å². The van der Waals surface area contributed by atoms with Gasteiger partial charge in [-0.15, -0.1) is 0 Å². The number of halogens is 1.